The number of aromatic nitrogens is 2. The molecular weight excluding hydrogens is 292 g/mol. The van der Waals surface area contributed by atoms with Gasteiger partial charge in [0.05, 0.1) is 6.33 Å². The molecule has 1 saturated heterocycles. The van der Waals surface area contributed by atoms with Crippen molar-refractivity contribution in [3.05, 3.63) is 40.1 Å². The Morgan fingerprint density at radius 1 is 1.57 bits per heavy atom. The van der Waals surface area contributed by atoms with Gasteiger partial charge in [-0.1, -0.05) is 11.6 Å². The Hall–Kier alpha value is -1.95. The minimum Gasteiger partial charge on any atom is -0.352 e. The van der Waals surface area contributed by atoms with Gasteiger partial charge in [0.25, 0.3) is 11.5 Å². The fourth-order valence-corrected chi connectivity index (χ4v) is 2.97. The number of rotatable bonds is 6. The van der Waals surface area contributed by atoms with Gasteiger partial charge in [0.1, 0.15) is 5.56 Å². The minimum absolute atomic E-state index is 0.0708. The van der Waals surface area contributed by atoms with E-state index in [1.807, 2.05) is 0 Å². The fraction of sp³-hybridized carbons (Fsp3) is 0.588. The van der Waals surface area contributed by atoms with Gasteiger partial charge in [-0.15, -0.1) is 0 Å². The second-order valence-electron chi connectivity index (χ2n) is 6.22. The summed E-state index contributed by atoms with van der Waals surface area (Å²) in [4.78, 5) is 32.2. The van der Waals surface area contributed by atoms with Crippen LogP contribution in [0.1, 0.15) is 43.5 Å². The SMILES string of the molecule is C/C=C(\C)CN1CCCC(CCNC(=O)c2cnc[nH]c2=O)C1. The molecule has 1 amide bonds. The van der Waals surface area contributed by atoms with Gasteiger partial charge < -0.3 is 10.3 Å². The van der Waals surface area contributed by atoms with Crippen molar-refractivity contribution in [2.45, 2.75) is 33.1 Å². The summed E-state index contributed by atoms with van der Waals surface area (Å²) in [5.74, 6) is 0.248. The summed E-state index contributed by atoms with van der Waals surface area (Å²) < 4.78 is 0. The summed E-state index contributed by atoms with van der Waals surface area (Å²) in [5.41, 5.74) is 1.07. The Morgan fingerprint density at radius 3 is 3.13 bits per heavy atom. The van der Waals surface area contributed by atoms with E-state index < -0.39 is 5.56 Å². The van der Waals surface area contributed by atoms with Crippen LogP contribution in [0.3, 0.4) is 0 Å². The number of hydrogen-bond donors (Lipinski definition) is 2. The minimum atomic E-state index is -0.400. The number of amides is 1. The molecule has 6 heteroatoms. The highest BCUT2D eigenvalue weighted by atomic mass is 16.2. The standard InChI is InChI=1S/C17H26N4O2/c1-3-13(2)10-21-8-4-5-14(11-21)6-7-19-16(22)15-9-18-12-20-17(15)23/h3,9,12,14H,4-8,10-11H2,1-2H3,(H,19,22)(H,18,20,23)/b13-3+. The number of piperidine rings is 1. The molecule has 1 fully saturated rings. The third-order valence-electron chi connectivity index (χ3n) is 4.37. The summed E-state index contributed by atoms with van der Waals surface area (Å²) >= 11 is 0. The number of H-pyrrole nitrogens is 1. The van der Waals surface area contributed by atoms with Crippen molar-refractivity contribution in [3.63, 3.8) is 0 Å². The fourth-order valence-electron chi connectivity index (χ4n) is 2.97. The second kappa shape index (κ2) is 8.62. The van der Waals surface area contributed by atoms with E-state index in [0.717, 1.165) is 26.1 Å². The molecule has 0 bridgehead atoms. The normalized spacial score (nSPS) is 19.6. The molecule has 1 aliphatic rings. The molecule has 0 saturated carbocycles. The molecule has 1 aromatic rings. The van der Waals surface area contributed by atoms with Crippen LogP contribution >= 0.6 is 0 Å². The number of allylic oxidation sites excluding steroid dienone is 1. The highest BCUT2D eigenvalue weighted by molar-refractivity contribution is 5.93. The van der Waals surface area contributed by atoms with E-state index >= 15 is 0 Å². The van der Waals surface area contributed by atoms with Crippen LogP contribution < -0.4 is 10.9 Å². The van der Waals surface area contributed by atoms with Gasteiger partial charge in [-0.2, -0.15) is 0 Å². The average Bonchev–Trinajstić information content (AvgIpc) is 2.55. The van der Waals surface area contributed by atoms with Gasteiger partial charge in [-0.05, 0) is 45.6 Å². The van der Waals surface area contributed by atoms with E-state index in [4.69, 9.17) is 0 Å². The molecule has 6 nitrogen and oxygen atoms in total. The Bertz CT molecular complexity index is 609. The van der Waals surface area contributed by atoms with E-state index in [1.54, 1.807) is 0 Å². The average molecular weight is 318 g/mol. The van der Waals surface area contributed by atoms with Crippen LogP contribution in [0.4, 0.5) is 0 Å². The number of nitrogens with zero attached hydrogens (tertiary/aromatic N) is 2. The first kappa shape index (κ1) is 17.4. The molecule has 0 aliphatic carbocycles. The molecule has 1 atom stereocenters. The van der Waals surface area contributed by atoms with Crippen LogP contribution in [-0.4, -0.2) is 47.0 Å². The van der Waals surface area contributed by atoms with E-state index in [2.05, 4.69) is 40.1 Å². The summed E-state index contributed by atoms with van der Waals surface area (Å²) in [5, 5.41) is 2.83. The van der Waals surface area contributed by atoms with Crippen molar-refractivity contribution in [2.75, 3.05) is 26.2 Å². The number of hydrogen-bond acceptors (Lipinski definition) is 4. The predicted molar refractivity (Wildman–Crippen MR) is 90.4 cm³/mol. The molecule has 2 heterocycles. The lowest BCUT2D eigenvalue weighted by molar-refractivity contribution is 0.0945. The van der Waals surface area contributed by atoms with Gasteiger partial charge in [0, 0.05) is 25.8 Å². The zero-order valence-electron chi connectivity index (χ0n) is 14.0. The van der Waals surface area contributed by atoms with Crippen molar-refractivity contribution >= 4 is 5.91 Å². The number of aromatic amines is 1. The van der Waals surface area contributed by atoms with Crippen molar-refractivity contribution < 1.29 is 4.79 Å². The van der Waals surface area contributed by atoms with Gasteiger partial charge in [0.15, 0.2) is 0 Å². The van der Waals surface area contributed by atoms with Crippen LogP contribution in [0.25, 0.3) is 0 Å². The highest BCUT2D eigenvalue weighted by Gasteiger charge is 2.20. The first-order valence-electron chi connectivity index (χ1n) is 8.25. The van der Waals surface area contributed by atoms with Crippen molar-refractivity contribution in [2.24, 2.45) is 5.92 Å². The predicted octanol–water partition coefficient (Wildman–Crippen LogP) is 1.57. The second-order valence-corrected chi connectivity index (χ2v) is 6.22. The van der Waals surface area contributed by atoms with Crippen LogP contribution in [0.15, 0.2) is 29.0 Å². The van der Waals surface area contributed by atoms with E-state index in [1.165, 1.54) is 30.9 Å². The maximum absolute atomic E-state index is 12.0. The molecule has 0 spiro atoms. The first-order valence-corrected chi connectivity index (χ1v) is 8.25. The summed E-state index contributed by atoms with van der Waals surface area (Å²) in [6.45, 7) is 8.09. The smallest absolute Gasteiger partial charge is 0.263 e. The molecule has 2 N–H and O–H groups in total. The lowest BCUT2D eigenvalue weighted by atomic mass is 9.94. The van der Waals surface area contributed by atoms with Crippen LogP contribution in [0.5, 0.6) is 0 Å². The Morgan fingerprint density at radius 2 is 2.39 bits per heavy atom. The third kappa shape index (κ3) is 5.32. The molecule has 1 unspecified atom stereocenters. The van der Waals surface area contributed by atoms with Crippen LogP contribution in [0, 0.1) is 5.92 Å². The summed E-state index contributed by atoms with van der Waals surface area (Å²) in [6, 6.07) is 0. The molecular formula is C17H26N4O2. The van der Waals surface area contributed by atoms with Crippen molar-refractivity contribution in [1.82, 2.24) is 20.2 Å². The Labute approximate surface area is 137 Å². The van der Waals surface area contributed by atoms with Gasteiger partial charge in [0.2, 0.25) is 0 Å². The molecule has 1 aromatic heterocycles. The third-order valence-corrected chi connectivity index (χ3v) is 4.37. The van der Waals surface area contributed by atoms with E-state index in [0.29, 0.717) is 12.5 Å². The molecule has 1 aliphatic heterocycles. The van der Waals surface area contributed by atoms with Crippen LogP contribution in [0.2, 0.25) is 0 Å². The molecule has 2 rings (SSSR count). The lowest BCUT2D eigenvalue weighted by Gasteiger charge is -2.33. The van der Waals surface area contributed by atoms with Gasteiger partial charge >= 0.3 is 0 Å². The lowest BCUT2D eigenvalue weighted by Crippen LogP contribution is -2.38. The number of nitrogens with one attached hydrogen (secondary N) is 2. The molecule has 126 valence electrons. The zero-order chi connectivity index (χ0) is 16.7. The van der Waals surface area contributed by atoms with E-state index in [9.17, 15) is 9.59 Å². The number of likely N-dealkylation sites (tertiary alicyclic amines) is 1. The summed E-state index contributed by atoms with van der Waals surface area (Å²) in [7, 11) is 0. The zero-order valence-corrected chi connectivity index (χ0v) is 14.0. The number of carbonyl (C=O) groups excluding carboxylic acids is 1. The molecule has 23 heavy (non-hydrogen) atoms. The highest BCUT2D eigenvalue weighted by Crippen LogP contribution is 2.19. The maximum atomic E-state index is 12.0. The van der Waals surface area contributed by atoms with Crippen molar-refractivity contribution in [1.29, 1.82) is 0 Å². The first-order chi connectivity index (χ1) is 11.1. The summed E-state index contributed by atoms with van der Waals surface area (Å²) in [6.07, 6.45) is 8.09. The monoisotopic (exact) mass is 318 g/mol. The molecule has 0 radical (unpaired) electrons. The van der Waals surface area contributed by atoms with Gasteiger partial charge in [-0.25, -0.2) is 4.98 Å². The van der Waals surface area contributed by atoms with Gasteiger partial charge in [-0.3, -0.25) is 14.5 Å². The topological polar surface area (TPSA) is 78.1 Å². The molecule has 0 aromatic carbocycles. The largest absolute Gasteiger partial charge is 0.352 e. The van der Waals surface area contributed by atoms with E-state index in [-0.39, 0.29) is 11.5 Å². The number of carbonyl (C=O) groups is 1. The Kier molecular flexibility index (Phi) is 6.52. The Balaban J connectivity index is 1.76. The quantitative estimate of drug-likeness (QED) is 0.781. The van der Waals surface area contributed by atoms with Crippen molar-refractivity contribution in [3.8, 4) is 0 Å². The van der Waals surface area contributed by atoms with Crippen LogP contribution in [-0.2, 0) is 0 Å². The maximum Gasteiger partial charge on any atom is 0.263 e.